The lowest BCUT2D eigenvalue weighted by atomic mass is 9.81. The minimum atomic E-state index is -1.41. The monoisotopic (exact) mass is 482 g/mol. The Morgan fingerprint density at radius 3 is 1.70 bits per heavy atom. The highest BCUT2D eigenvalue weighted by molar-refractivity contribution is 4.97. The van der Waals surface area contributed by atoms with Crippen molar-refractivity contribution in [2.45, 2.75) is 113 Å². The van der Waals surface area contributed by atoms with Crippen molar-refractivity contribution in [2.75, 3.05) is 14.2 Å². The summed E-state index contributed by atoms with van der Waals surface area (Å²) in [4.78, 5) is 0. The summed E-state index contributed by atoms with van der Waals surface area (Å²) < 4.78 is 33.1. The standard InChI is InChI=1S/C21H38O12/c1-7-6-10(32-19-9(3)30-20(29-5)15(26)14(19)25)11(22)12(23)17(7)33-21-16(27)13(24)18(28-4)8(2)31-21/h7-27H,6H2,1-5H3/t7-,8?,9?,10-,11?,12?,13-,14-,15?,16?,17-,18-,19-,20-,21+/m1/s1. The maximum Gasteiger partial charge on any atom is 0.186 e. The molecular formula is C21H38O12. The normalized spacial score (nSPS) is 53.7. The minimum Gasteiger partial charge on any atom is -0.388 e. The zero-order valence-corrected chi connectivity index (χ0v) is 19.5. The van der Waals surface area contributed by atoms with Gasteiger partial charge in [-0.15, -0.1) is 0 Å². The van der Waals surface area contributed by atoms with Crippen molar-refractivity contribution in [2.24, 2.45) is 5.92 Å². The molecule has 1 saturated carbocycles. The van der Waals surface area contributed by atoms with Gasteiger partial charge in [-0.2, -0.15) is 0 Å². The molecule has 3 aliphatic rings. The number of hydrogen-bond donors (Lipinski definition) is 6. The molecular weight excluding hydrogens is 444 g/mol. The Labute approximate surface area is 192 Å². The smallest absolute Gasteiger partial charge is 0.186 e. The molecule has 12 heteroatoms. The van der Waals surface area contributed by atoms with Crippen molar-refractivity contribution >= 4 is 0 Å². The van der Waals surface area contributed by atoms with Crippen LogP contribution in [-0.2, 0) is 28.4 Å². The average molecular weight is 483 g/mol. The van der Waals surface area contributed by atoms with Gasteiger partial charge in [-0.25, -0.2) is 0 Å². The molecule has 0 bridgehead atoms. The van der Waals surface area contributed by atoms with Crippen molar-refractivity contribution < 1.29 is 59.1 Å². The lowest BCUT2D eigenvalue weighted by Gasteiger charge is -2.48. The summed E-state index contributed by atoms with van der Waals surface area (Å²) >= 11 is 0. The fourth-order valence-corrected chi connectivity index (χ4v) is 4.93. The van der Waals surface area contributed by atoms with Crippen molar-refractivity contribution in [1.29, 1.82) is 0 Å². The Hall–Kier alpha value is -0.480. The van der Waals surface area contributed by atoms with Gasteiger partial charge in [0.05, 0.1) is 24.4 Å². The summed E-state index contributed by atoms with van der Waals surface area (Å²) in [6.45, 7) is 5.09. The van der Waals surface area contributed by atoms with E-state index in [0.29, 0.717) is 0 Å². The lowest BCUT2D eigenvalue weighted by molar-refractivity contribution is -0.332. The molecule has 0 aromatic rings. The molecule has 194 valence electrons. The van der Waals surface area contributed by atoms with Crippen LogP contribution >= 0.6 is 0 Å². The summed E-state index contributed by atoms with van der Waals surface area (Å²) in [7, 11) is 2.74. The third-order valence-corrected chi connectivity index (χ3v) is 6.91. The van der Waals surface area contributed by atoms with Gasteiger partial charge in [-0.1, -0.05) is 6.92 Å². The quantitative estimate of drug-likeness (QED) is 0.235. The summed E-state index contributed by atoms with van der Waals surface area (Å²) in [6, 6.07) is 0. The summed E-state index contributed by atoms with van der Waals surface area (Å²) in [5, 5.41) is 62.8. The molecule has 15 atom stereocenters. The predicted octanol–water partition coefficient (Wildman–Crippen LogP) is -2.52. The van der Waals surface area contributed by atoms with Gasteiger partial charge in [0, 0.05) is 14.2 Å². The van der Waals surface area contributed by atoms with Crippen LogP contribution in [-0.4, -0.2) is 131 Å². The van der Waals surface area contributed by atoms with Crippen LogP contribution < -0.4 is 0 Å². The molecule has 3 rings (SSSR count). The Balaban J connectivity index is 1.64. The number of rotatable bonds is 6. The summed E-state index contributed by atoms with van der Waals surface area (Å²) in [5.41, 5.74) is 0. The van der Waals surface area contributed by atoms with E-state index < -0.39 is 85.8 Å². The van der Waals surface area contributed by atoms with Gasteiger partial charge in [0.1, 0.15) is 48.8 Å². The van der Waals surface area contributed by atoms with Crippen LogP contribution in [0.3, 0.4) is 0 Å². The Bertz CT molecular complexity index is 624. The van der Waals surface area contributed by atoms with E-state index in [4.69, 9.17) is 28.4 Å². The van der Waals surface area contributed by atoms with Gasteiger partial charge < -0.3 is 59.1 Å². The van der Waals surface area contributed by atoms with E-state index in [9.17, 15) is 30.6 Å². The molecule has 6 unspecified atom stereocenters. The van der Waals surface area contributed by atoms with Crippen LogP contribution in [0, 0.1) is 5.92 Å². The third kappa shape index (κ3) is 5.37. The number of methoxy groups -OCH3 is 2. The molecule has 0 spiro atoms. The second kappa shape index (κ2) is 11.1. The molecule has 2 heterocycles. The second-order valence-electron chi connectivity index (χ2n) is 9.25. The molecule has 0 aromatic carbocycles. The molecule has 6 N–H and O–H groups in total. The van der Waals surface area contributed by atoms with Gasteiger partial charge in [-0.05, 0) is 26.2 Å². The van der Waals surface area contributed by atoms with Crippen LogP contribution in [0.1, 0.15) is 27.2 Å². The van der Waals surface area contributed by atoms with Crippen molar-refractivity contribution in [1.82, 2.24) is 0 Å². The Morgan fingerprint density at radius 1 is 0.576 bits per heavy atom. The van der Waals surface area contributed by atoms with E-state index in [1.807, 2.05) is 0 Å². The number of ether oxygens (including phenoxy) is 6. The first-order chi connectivity index (χ1) is 15.5. The highest BCUT2D eigenvalue weighted by atomic mass is 16.7. The molecule has 1 aliphatic carbocycles. The first kappa shape index (κ1) is 27.1. The average Bonchev–Trinajstić information content (AvgIpc) is 2.78. The number of aliphatic hydroxyl groups excluding tert-OH is 6. The fourth-order valence-electron chi connectivity index (χ4n) is 4.93. The minimum absolute atomic E-state index is 0.240. The van der Waals surface area contributed by atoms with Crippen LogP contribution in [0.5, 0.6) is 0 Å². The Kier molecular flexibility index (Phi) is 9.09. The maximum absolute atomic E-state index is 10.8. The van der Waals surface area contributed by atoms with E-state index in [1.165, 1.54) is 14.2 Å². The zero-order chi connectivity index (χ0) is 24.6. The van der Waals surface area contributed by atoms with E-state index in [1.54, 1.807) is 20.8 Å². The molecule has 0 aromatic heterocycles. The van der Waals surface area contributed by atoms with Crippen LogP contribution in [0.2, 0.25) is 0 Å². The molecule has 2 saturated heterocycles. The van der Waals surface area contributed by atoms with E-state index in [-0.39, 0.29) is 12.3 Å². The summed E-state index contributed by atoms with van der Waals surface area (Å²) in [5.74, 6) is -0.356. The van der Waals surface area contributed by atoms with Gasteiger partial charge >= 0.3 is 0 Å². The van der Waals surface area contributed by atoms with E-state index >= 15 is 0 Å². The highest BCUT2D eigenvalue weighted by Crippen LogP contribution is 2.35. The third-order valence-electron chi connectivity index (χ3n) is 6.91. The van der Waals surface area contributed by atoms with Crippen molar-refractivity contribution in [3.8, 4) is 0 Å². The first-order valence-electron chi connectivity index (χ1n) is 11.3. The van der Waals surface area contributed by atoms with Crippen LogP contribution in [0.4, 0.5) is 0 Å². The largest absolute Gasteiger partial charge is 0.388 e. The van der Waals surface area contributed by atoms with Gasteiger partial charge in [0.25, 0.3) is 0 Å². The van der Waals surface area contributed by atoms with Gasteiger partial charge in [0.2, 0.25) is 0 Å². The Morgan fingerprint density at radius 2 is 1.09 bits per heavy atom. The van der Waals surface area contributed by atoms with Crippen molar-refractivity contribution in [3.05, 3.63) is 0 Å². The number of hydrogen-bond acceptors (Lipinski definition) is 12. The van der Waals surface area contributed by atoms with E-state index in [2.05, 4.69) is 0 Å². The lowest BCUT2D eigenvalue weighted by Crippen LogP contribution is -2.63. The molecule has 3 fully saturated rings. The zero-order valence-electron chi connectivity index (χ0n) is 19.5. The van der Waals surface area contributed by atoms with Crippen LogP contribution in [0.15, 0.2) is 0 Å². The van der Waals surface area contributed by atoms with Gasteiger partial charge in [-0.3, -0.25) is 0 Å². The molecule has 12 nitrogen and oxygen atoms in total. The summed E-state index contributed by atoms with van der Waals surface area (Å²) in [6.07, 6.45) is -14.9. The SMILES string of the molecule is CO[C@@H]1OC(C)[C@@H](O[C@@H]2C[C@@H](C)[C@@H](O[C@@H]3OC(C)[C@@H](OC)[C@H](O)C3O)C(O)C2O)[C@H](O)C1O. The first-order valence-corrected chi connectivity index (χ1v) is 11.3. The van der Waals surface area contributed by atoms with Crippen LogP contribution in [0.25, 0.3) is 0 Å². The highest BCUT2D eigenvalue weighted by Gasteiger charge is 2.51. The molecule has 2 aliphatic heterocycles. The molecule has 0 amide bonds. The molecule has 0 radical (unpaired) electrons. The fraction of sp³-hybridized carbons (Fsp3) is 1.00. The van der Waals surface area contributed by atoms with Crippen molar-refractivity contribution in [3.63, 3.8) is 0 Å². The second-order valence-corrected chi connectivity index (χ2v) is 9.25. The molecule has 33 heavy (non-hydrogen) atoms. The topological polar surface area (TPSA) is 177 Å². The van der Waals surface area contributed by atoms with E-state index in [0.717, 1.165) is 0 Å². The van der Waals surface area contributed by atoms with Gasteiger partial charge in [0.15, 0.2) is 12.6 Å². The maximum atomic E-state index is 10.8. The number of aliphatic hydroxyl groups is 6. The predicted molar refractivity (Wildman–Crippen MR) is 110 cm³/mol.